The van der Waals surface area contributed by atoms with Crippen molar-refractivity contribution < 1.29 is 17.9 Å². The molecule has 2 aromatic rings. The van der Waals surface area contributed by atoms with Gasteiger partial charge in [0.15, 0.2) is 0 Å². The molecule has 1 atom stereocenters. The molecule has 33 heavy (non-hydrogen) atoms. The highest BCUT2D eigenvalue weighted by Gasteiger charge is 2.33. The Bertz CT molecular complexity index is 1060. The molecule has 0 aliphatic carbocycles. The number of aromatic nitrogens is 1. The van der Waals surface area contributed by atoms with Crippen molar-refractivity contribution in [2.45, 2.75) is 39.5 Å². The molecule has 6 nitrogen and oxygen atoms in total. The summed E-state index contributed by atoms with van der Waals surface area (Å²) in [6.07, 6.45) is 6.24. The largest absolute Gasteiger partial charge is 0.466 e. The second kappa shape index (κ2) is 12.3. The van der Waals surface area contributed by atoms with E-state index in [9.17, 15) is 13.2 Å². The van der Waals surface area contributed by atoms with Crippen LogP contribution in [0.1, 0.15) is 56.4 Å². The molecule has 0 spiro atoms. The van der Waals surface area contributed by atoms with Crippen molar-refractivity contribution in [1.82, 2.24) is 9.29 Å². The Hall–Kier alpha value is -2.22. The van der Waals surface area contributed by atoms with Crippen molar-refractivity contribution >= 4 is 33.7 Å². The van der Waals surface area contributed by atoms with Gasteiger partial charge < -0.3 is 4.74 Å². The highest BCUT2D eigenvalue weighted by molar-refractivity contribution is 7.88. The fourth-order valence-corrected chi connectivity index (χ4v) is 5.22. The lowest BCUT2D eigenvalue weighted by Gasteiger charge is -2.35. The van der Waals surface area contributed by atoms with Crippen LogP contribution in [0.3, 0.4) is 0 Å². The number of sulfonamides is 1. The minimum Gasteiger partial charge on any atom is -0.466 e. The summed E-state index contributed by atoms with van der Waals surface area (Å²) in [5.41, 5.74) is 3.21. The number of esters is 1. The summed E-state index contributed by atoms with van der Waals surface area (Å²) < 4.78 is 30.3. The van der Waals surface area contributed by atoms with Crippen molar-refractivity contribution in [2.75, 3.05) is 26.5 Å². The molecular weight excluding hydrogens is 460 g/mol. The van der Waals surface area contributed by atoms with Gasteiger partial charge in [0, 0.05) is 41.5 Å². The van der Waals surface area contributed by atoms with Gasteiger partial charge in [-0.25, -0.2) is 17.5 Å². The summed E-state index contributed by atoms with van der Waals surface area (Å²) in [6, 6.07) is 11.5. The highest BCUT2D eigenvalue weighted by atomic mass is 35.5. The first-order chi connectivity index (χ1) is 15.7. The normalized spacial score (nSPS) is 16.5. The molecule has 1 aromatic carbocycles. The van der Waals surface area contributed by atoms with Crippen LogP contribution in [0.5, 0.6) is 0 Å². The van der Waals surface area contributed by atoms with Crippen LogP contribution >= 0.6 is 11.6 Å². The van der Waals surface area contributed by atoms with E-state index in [2.05, 4.69) is 4.98 Å². The molecule has 1 aromatic heterocycles. The molecule has 0 saturated carbocycles. The first-order valence-electron chi connectivity index (χ1n) is 11.1. The second-order valence-corrected chi connectivity index (χ2v) is 10.2. The van der Waals surface area contributed by atoms with Crippen LogP contribution in [-0.2, 0) is 19.6 Å². The fraction of sp³-hybridized carbons (Fsp3) is 0.440. The lowest BCUT2D eigenvalue weighted by Crippen LogP contribution is -2.39. The Labute approximate surface area is 202 Å². The summed E-state index contributed by atoms with van der Waals surface area (Å²) >= 11 is 6.29. The molecule has 8 heteroatoms. The van der Waals surface area contributed by atoms with Crippen molar-refractivity contribution in [1.29, 1.82) is 0 Å². The maximum atomic E-state index is 12.0. The molecule has 1 aliphatic heterocycles. The minimum absolute atomic E-state index is 0.0585. The maximum absolute atomic E-state index is 12.0. The number of ether oxygens (including phenoxy) is 1. The average molecular weight is 493 g/mol. The number of halogens is 1. The predicted octanol–water partition coefficient (Wildman–Crippen LogP) is 5.14. The lowest BCUT2D eigenvalue weighted by molar-refractivity contribution is -0.135. The summed E-state index contributed by atoms with van der Waals surface area (Å²) in [4.78, 5) is 16.6. The average Bonchev–Trinajstić information content (AvgIpc) is 2.82. The number of rotatable bonds is 6. The maximum Gasteiger partial charge on any atom is 0.333 e. The number of pyridine rings is 1. The Morgan fingerprint density at radius 2 is 1.88 bits per heavy atom. The Balaban J connectivity index is 0.00000187. The topological polar surface area (TPSA) is 76.6 Å². The van der Waals surface area contributed by atoms with Crippen LogP contribution in [0.25, 0.3) is 6.08 Å². The monoisotopic (exact) mass is 492 g/mol. The van der Waals surface area contributed by atoms with Crippen LogP contribution in [0.4, 0.5) is 0 Å². The highest BCUT2D eigenvalue weighted by Crippen LogP contribution is 2.40. The van der Waals surface area contributed by atoms with Gasteiger partial charge >= 0.3 is 5.97 Å². The molecule has 180 valence electrons. The fourth-order valence-electron chi connectivity index (χ4n) is 4.16. The zero-order chi connectivity index (χ0) is 24.6. The Morgan fingerprint density at radius 1 is 1.21 bits per heavy atom. The third-order valence-corrected chi connectivity index (χ3v) is 7.25. The summed E-state index contributed by atoms with van der Waals surface area (Å²) in [5, 5.41) is 0.569. The summed E-state index contributed by atoms with van der Waals surface area (Å²) in [6.45, 7) is 6.66. The molecule has 0 bridgehead atoms. The number of hydrogen-bond acceptors (Lipinski definition) is 5. The third-order valence-electron chi connectivity index (χ3n) is 5.71. The van der Waals surface area contributed by atoms with Crippen molar-refractivity contribution in [3.63, 3.8) is 0 Å². The molecule has 1 unspecified atom stereocenters. The number of methoxy groups -OCH3 is 1. The van der Waals surface area contributed by atoms with Crippen LogP contribution in [0.15, 0.2) is 48.2 Å². The Kier molecular flexibility index (Phi) is 10.1. The van der Waals surface area contributed by atoms with E-state index >= 15 is 0 Å². The standard InChI is InChI=1S/C23H27ClN2O4S.C2H6/c1-16(23(27)30-2)14-18-15-19(24)7-8-20(18)22(21-6-4-5-11-25-21)17-9-12-26(13-10-17)31(3,28)29;1-2/h4-8,11,14-15,17,22H,9-10,12-13H2,1-3H3;1-2H3/b16-14+;. The van der Waals surface area contributed by atoms with Crippen LogP contribution < -0.4 is 0 Å². The zero-order valence-corrected chi connectivity index (χ0v) is 21.5. The molecule has 2 heterocycles. The van der Waals surface area contributed by atoms with E-state index in [0.29, 0.717) is 23.7 Å². The van der Waals surface area contributed by atoms with Crippen molar-refractivity contribution in [3.8, 4) is 0 Å². The van der Waals surface area contributed by atoms with Gasteiger partial charge in [0.1, 0.15) is 0 Å². The number of nitrogens with zero attached hydrogens (tertiary/aromatic N) is 2. The number of benzene rings is 1. The van der Waals surface area contributed by atoms with E-state index in [4.69, 9.17) is 16.3 Å². The second-order valence-electron chi connectivity index (χ2n) is 7.82. The van der Waals surface area contributed by atoms with Gasteiger partial charge in [-0.1, -0.05) is 37.6 Å². The van der Waals surface area contributed by atoms with E-state index in [1.165, 1.54) is 17.7 Å². The lowest BCUT2D eigenvalue weighted by atomic mass is 9.76. The van der Waals surface area contributed by atoms with Crippen LogP contribution in [-0.4, -0.2) is 50.1 Å². The van der Waals surface area contributed by atoms with Crippen molar-refractivity contribution in [2.24, 2.45) is 5.92 Å². The molecule has 1 fully saturated rings. The quantitative estimate of drug-likeness (QED) is 0.412. The van der Waals surface area contributed by atoms with Crippen LogP contribution in [0.2, 0.25) is 5.02 Å². The van der Waals surface area contributed by atoms with Gasteiger partial charge in [0.25, 0.3) is 0 Å². The van der Waals surface area contributed by atoms with E-state index < -0.39 is 16.0 Å². The molecule has 1 saturated heterocycles. The van der Waals surface area contributed by atoms with E-state index in [-0.39, 0.29) is 11.8 Å². The van der Waals surface area contributed by atoms with Gasteiger partial charge in [-0.05, 0) is 67.2 Å². The number of piperidine rings is 1. The third kappa shape index (κ3) is 7.13. The molecule has 3 rings (SSSR count). The van der Waals surface area contributed by atoms with Gasteiger partial charge in [-0.15, -0.1) is 0 Å². The molecule has 0 radical (unpaired) electrons. The Morgan fingerprint density at radius 3 is 2.42 bits per heavy atom. The zero-order valence-electron chi connectivity index (χ0n) is 19.9. The predicted molar refractivity (Wildman–Crippen MR) is 134 cm³/mol. The van der Waals surface area contributed by atoms with Gasteiger partial charge in [0.05, 0.1) is 13.4 Å². The minimum atomic E-state index is -3.21. The van der Waals surface area contributed by atoms with E-state index in [0.717, 1.165) is 29.7 Å². The van der Waals surface area contributed by atoms with E-state index in [1.54, 1.807) is 19.2 Å². The SMILES string of the molecule is CC.COC(=O)/C(C)=C/c1cc(Cl)ccc1C(c1ccccn1)C1CCN(S(C)(=O)=O)CC1. The smallest absolute Gasteiger partial charge is 0.333 e. The number of hydrogen-bond donors (Lipinski definition) is 0. The number of carbonyl (C=O) groups is 1. The van der Waals surface area contributed by atoms with Gasteiger partial charge in [-0.3, -0.25) is 4.98 Å². The van der Waals surface area contributed by atoms with Crippen molar-refractivity contribution in [3.05, 3.63) is 70.0 Å². The van der Waals surface area contributed by atoms with Crippen LogP contribution in [0, 0.1) is 5.92 Å². The van der Waals surface area contributed by atoms with Gasteiger partial charge in [-0.2, -0.15) is 0 Å². The first-order valence-corrected chi connectivity index (χ1v) is 13.4. The number of carbonyl (C=O) groups excluding carboxylic acids is 1. The summed E-state index contributed by atoms with van der Waals surface area (Å²) in [7, 11) is -1.86. The molecule has 1 aliphatic rings. The van der Waals surface area contributed by atoms with E-state index in [1.807, 2.05) is 50.2 Å². The molecule has 0 amide bonds. The first kappa shape index (κ1) is 27.0. The molecule has 0 N–H and O–H groups in total. The van der Waals surface area contributed by atoms with Gasteiger partial charge in [0.2, 0.25) is 10.0 Å². The summed E-state index contributed by atoms with van der Waals surface area (Å²) in [5.74, 6) is -0.265. The molecular formula is C25H33ClN2O4S.